The van der Waals surface area contributed by atoms with E-state index >= 15 is 0 Å². The second kappa shape index (κ2) is 8.63. The van der Waals surface area contributed by atoms with Crippen LogP contribution < -0.4 is 5.69 Å². The van der Waals surface area contributed by atoms with Crippen LogP contribution in [0.5, 0.6) is 0 Å². The third-order valence-corrected chi connectivity index (χ3v) is 5.66. The Hall–Kier alpha value is -3.99. The van der Waals surface area contributed by atoms with Crippen LogP contribution in [-0.4, -0.2) is 15.3 Å². The fourth-order valence-corrected chi connectivity index (χ4v) is 3.58. The molecule has 1 heterocycles. The number of ketones is 1. The maximum Gasteiger partial charge on any atom is 0.330 e. The minimum absolute atomic E-state index is 0.204. The van der Waals surface area contributed by atoms with Crippen LogP contribution in [0.25, 0.3) is 23.0 Å². The molecule has 4 aromatic rings. The first-order valence-electron chi connectivity index (χ1n) is 10.3. The highest BCUT2D eigenvalue weighted by Crippen LogP contribution is 2.24. The van der Waals surface area contributed by atoms with Gasteiger partial charge in [0.1, 0.15) is 5.82 Å². The van der Waals surface area contributed by atoms with E-state index in [4.69, 9.17) is 0 Å². The van der Waals surface area contributed by atoms with Crippen molar-refractivity contribution in [1.29, 1.82) is 0 Å². The molecule has 5 heteroatoms. The zero-order valence-corrected chi connectivity index (χ0v) is 18.1. The Morgan fingerprint density at radius 2 is 1.66 bits per heavy atom. The topological polar surface area (TPSA) is 54.9 Å². The lowest BCUT2D eigenvalue weighted by atomic mass is 9.99. The maximum atomic E-state index is 13.0. The Morgan fingerprint density at radius 1 is 0.969 bits per heavy atom. The maximum absolute atomic E-state index is 13.0. The molecular formula is C27H23FN2O2. The van der Waals surface area contributed by atoms with Gasteiger partial charge < -0.3 is 4.98 Å². The normalized spacial score (nSPS) is 11.2. The first-order valence-corrected chi connectivity index (χ1v) is 10.3. The van der Waals surface area contributed by atoms with Gasteiger partial charge >= 0.3 is 5.69 Å². The van der Waals surface area contributed by atoms with Gasteiger partial charge in [0.2, 0.25) is 0 Å². The van der Waals surface area contributed by atoms with Crippen molar-refractivity contribution in [3.63, 3.8) is 0 Å². The number of nitrogens with one attached hydrogen (secondary N) is 1. The molecule has 0 saturated heterocycles. The number of carbonyl (C=O) groups excluding carboxylic acids is 1. The molecule has 4 nitrogen and oxygen atoms in total. The first kappa shape index (κ1) is 21.2. The number of hydrogen-bond acceptors (Lipinski definition) is 2. The van der Waals surface area contributed by atoms with Crippen LogP contribution in [0.15, 0.2) is 77.7 Å². The van der Waals surface area contributed by atoms with E-state index in [2.05, 4.69) is 37.9 Å². The van der Waals surface area contributed by atoms with E-state index in [0.717, 1.165) is 22.3 Å². The molecule has 0 spiro atoms. The van der Waals surface area contributed by atoms with Crippen molar-refractivity contribution in [1.82, 2.24) is 9.55 Å². The lowest BCUT2D eigenvalue weighted by molar-refractivity contribution is 0.104. The van der Waals surface area contributed by atoms with Crippen molar-refractivity contribution >= 4 is 11.9 Å². The third-order valence-electron chi connectivity index (χ3n) is 5.66. The zero-order valence-electron chi connectivity index (χ0n) is 18.1. The monoisotopic (exact) mass is 426 g/mol. The van der Waals surface area contributed by atoms with Gasteiger partial charge in [0.05, 0.1) is 11.4 Å². The highest BCUT2D eigenvalue weighted by atomic mass is 19.1. The SMILES string of the molecule is Cc1cc(-c2cn(-c3cccc(C(=O)C=Cc4ccc(F)cc4)c3)c(=O)[nH]2)cc(C)c1C. The molecular weight excluding hydrogens is 403 g/mol. The van der Waals surface area contributed by atoms with Crippen LogP contribution in [-0.2, 0) is 0 Å². The molecule has 0 aliphatic rings. The lowest BCUT2D eigenvalue weighted by Crippen LogP contribution is -2.14. The number of halogens is 1. The number of carbonyl (C=O) groups is 1. The van der Waals surface area contributed by atoms with Gasteiger partial charge in [0.15, 0.2) is 5.78 Å². The highest BCUT2D eigenvalue weighted by Gasteiger charge is 2.11. The Labute approximate surface area is 185 Å². The molecule has 32 heavy (non-hydrogen) atoms. The second-order valence-corrected chi connectivity index (χ2v) is 7.88. The van der Waals surface area contributed by atoms with Crippen LogP contribution in [0.3, 0.4) is 0 Å². The van der Waals surface area contributed by atoms with E-state index in [-0.39, 0.29) is 17.3 Å². The number of hydrogen-bond donors (Lipinski definition) is 1. The molecule has 0 atom stereocenters. The number of imidazole rings is 1. The van der Waals surface area contributed by atoms with Gasteiger partial charge in [-0.2, -0.15) is 0 Å². The minimum Gasteiger partial charge on any atom is -0.305 e. The van der Waals surface area contributed by atoms with Gasteiger partial charge in [-0.25, -0.2) is 9.18 Å². The first-order chi connectivity index (χ1) is 15.3. The molecule has 1 aromatic heterocycles. The van der Waals surface area contributed by atoms with Gasteiger partial charge in [0, 0.05) is 17.3 Å². The van der Waals surface area contributed by atoms with Crippen LogP contribution in [0.1, 0.15) is 32.6 Å². The predicted molar refractivity (Wildman–Crippen MR) is 126 cm³/mol. The largest absolute Gasteiger partial charge is 0.330 e. The summed E-state index contributed by atoms with van der Waals surface area (Å²) in [5.74, 6) is -0.529. The van der Waals surface area contributed by atoms with E-state index in [1.54, 1.807) is 48.7 Å². The number of aryl methyl sites for hydroxylation is 2. The Balaban J connectivity index is 1.63. The van der Waals surface area contributed by atoms with Crippen molar-refractivity contribution in [3.05, 3.63) is 117 Å². The van der Waals surface area contributed by atoms with Gasteiger partial charge in [-0.1, -0.05) is 30.3 Å². The molecule has 0 saturated carbocycles. The highest BCUT2D eigenvalue weighted by molar-refractivity contribution is 6.07. The fraction of sp³-hybridized carbons (Fsp3) is 0.111. The molecule has 0 radical (unpaired) electrons. The van der Waals surface area contributed by atoms with E-state index in [1.165, 1.54) is 28.3 Å². The lowest BCUT2D eigenvalue weighted by Gasteiger charge is -2.07. The zero-order chi connectivity index (χ0) is 22.8. The number of H-pyrrole nitrogens is 1. The van der Waals surface area contributed by atoms with Crippen molar-refractivity contribution in [2.75, 3.05) is 0 Å². The van der Waals surface area contributed by atoms with Crippen molar-refractivity contribution < 1.29 is 9.18 Å². The number of aromatic amines is 1. The van der Waals surface area contributed by atoms with Gasteiger partial charge in [-0.05, 0) is 85.5 Å². The molecule has 0 bridgehead atoms. The van der Waals surface area contributed by atoms with Crippen molar-refractivity contribution in [2.45, 2.75) is 20.8 Å². The summed E-state index contributed by atoms with van der Waals surface area (Å²) in [7, 11) is 0. The van der Waals surface area contributed by atoms with Crippen LogP contribution in [0.2, 0.25) is 0 Å². The molecule has 0 fully saturated rings. The summed E-state index contributed by atoms with van der Waals surface area (Å²) in [6.45, 7) is 6.18. The molecule has 0 amide bonds. The molecule has 160 valence electrons. The smallest absolute Gasteiger partial charge is 0.305 e. The number of rotatable bonds is 5. The van der Waals surface area contributed by atoms with E-state index in [9.17, 15) is 14.0 Å². The van der Waals surface area contributed by atoms with Crippen LogP contribution in [0.4, 0.5) is 4.39 Å². The van der Waals surface area contributed by atoms with Crippen LogP contribution in [0, 0.1) is 26.6 Å². The summed E-state index contributed by atoms with van der Waals surface area (Å²) in [5.41, 5.74) is 6.72. The van der Waals surface area contributed by atoms with E-state index < -0.39 is 0 Å². The summed E-state index contributed by atoms with van der Waals surface area (Å²) < 4.78 is 14.5. The summed E-state index contributed by atoms with van der Waals surface area (Å²) in [6, 6.07) is 16.9. The molecule has 4 rings (SSSR count). The summed E-state index contributed by atoms with van der Waals surface area (Å²) >= 11 is 0. The van der Waals surface area contributed by atoms with E-state index in [1.807, 2.05) is 0 Å². The van der Waals surface area contributed by atoms with Crippen molar-refractivity contribution in [2.24, 2.45) is 0 Å². The molecule has 1 N–H and O–H groups in total. The molecule has 0 aliphatic carbocycles. The number of allylic oxidation sites excluding steroid dienone is 1. The van der Waals surface area contributed by atoms with Gasteiger partial charge in [0.25, 0.3) is 0 Å². The number of nitrogens with zero attached hydrogens (tertiary/aromatic N) is 1. The van der Waals surface area contributed by atoms with Gasteiger partial charge in [-0.3, -0.25) is 9.36 Å². The Kier molecular flexibility index (Phi) is 5.73. The summed E-state index contributed by atoms with van der Waals surface area (Å²) in [6.07, 6.45) is 4.83. The average Bonchev–Trinajstić information content (AvgIpc) is 3.18. The summed E-state index contributed by atoms with van der Waals surface area (Å²) in [4.78, 5) is 28.2. The molecule has 0 unspecified atom stereocenters. The second-order valence-electron chi connectivity index (χ2n) is 7.88. The standard InChI is InChI=1S/C27H23FN2O2/c1-17-13-22(14-18(2)19(17)3)25-16-30(27(32)29-25)24-6-4-5-21(15-24)26(31)12-9-20-7-10-23(28)11-8-20/h4-16H,1-3H3,(H,29,32). The predicted octanol–water partition coefficient (Wildman–Crippen LogP) is 5.79. The third kappa shape index (κ3) is 4.37. The Morgan fingerprint density at radius 3 is 2.34 bits per heavy atom. The minimum atomic E-state index is -0.326. The number of aromatic nitrogens is 2. The van der Waals surface area contributed by atoms with Crippen LogP contribution >= 0.6 is 0 Å². The number of benzene rings is 3. The van der Waals surface area contributed by atoms with E-state index in [0.29, 0.717) is 16.9 Å². The fourth-order valence-electron chi connectivity index (χ4n) is 3.58. The Bertz CT molecular complexity index is 1370. The molecule has 3 aromatic carbocycles. The summed E-state index contributed by atoms with van der Waals surface area (Å²) in [5, 5.41) is 0. The quantitative estimate of drug-likeness (QED) is 0.324. The average molecular weight is 426 g/mol. The van der Waals surface area contributed by atoms with Crippen molar-refractivity contribution in [3.8, 4) is 16.9 Å². The molecule has 0 aliphatic heterocycles. The van der Waals surface area contributed by atoms with Gasteiger partial charge in [-0.15, -0.1) is 0 Å².